The highest BCUT2D eigenvalue weighted by atomic mass is 16.3. The van der Waals surface area contributed by atoms with Crippen molar-refractivity contribution >= 4 is 5.91 Å². The van der Waals surface area contributed by atoms with Crippen molar-refractivity contribution in [2.24, 2.45) is 11.1 Å². The Morgan fingerprint density at radius 2 is 1.84 bits per heavy atom. The van der Waals surface area contributed by atoms with E-state index < -0.39 is 6.04 Å². The average Bonchev–Trinajstić information content (AvgIpc) is 2.30. The van der Waals surface area contributed by atoms with Gasteiger partial charge in [-0.3, -0.25) is 4.79 Å². The van der Waals surface area contributed by atoms with Gasteiger partial charge in [0.1, 0.15) is 5.75 Å². The maximum atomic E-state index is 12.0. The van der Waals surface area contributed by atoms with Crippen LogP contribution in [0.15, 0.2) is 24.3 Å². The molecule has 19 heavy (non-hydrogen) atoms. The third-order valence-corrected chi connectivity index (χ3v) is 3.39. The number of nitrogens with two attached hydrogens (primary N) is 1. The van der Waals surface area contributed by atoms with Crippen molar-refractivity contribution in [1.82, 2.24) is 5.32 Å². The quantitative estimate of drug-likeness (QED) is 0.776. The minimum atomic E-state index is -0.575. The van der Waals surface area contributed by atoms with E-state index in [0.717, 1.165) is 5.56 Å². The molecular weight excluding hydrogens is 240 g/mol. The number of hydrogen-bond acceptors (Lipinski definition) is 3. The van der Waals surface area contributed by atoms with E-state index in [9.17, 15) is 9.90 Å². The van der Waals surface area contributed by atoms with Crippen molar-refractivity contribution in [3.8, 4) is 5.75 Å². The third kappa shape index (κ3) is 4.91. The van der Waals surface area contributed by atoms with Crippen LogP contribution in [0.4, 0.5) is 0 Å². The molecule has 1 aromatic carbocycles. The number of phenolic OH excluding ortho intramolecular Hbond substituents is 1. The summed E-state index contributed by atoms with van der Waals surface area (Å²) in [7, 11) is 0. The third-order valence-electron chi connectivity index (χ3n) is 3.39. The molecule has 4 heteroatoms. The molecule has 1 amide bonds. The fourth-order valence-corrected chi connectivity index (χ4v) is 1.52. The van der Waals surface area contributed by atoms with E-state index in [4.69, 9.17) is 5.73 Å². The summed E-state index contributed by atoms with van der Waals surface area (Å²) in [5.74, 6) is 0.0682. The highest BCUT2D eigenvalue weighted by Crippen LogP contribution is 2.18. The van der Waals surface area contributed by atoms with Crippen molar-refractivity contribution in [3.05, 3.63) is 29.8 Å². The van der Waals surface area contributed by atoms with Crippen LogP contribution < -0.4 is 11.1 Å². The fraction of sp³-hybridized carbons (Fsp3) is 0.533. The maximum Gasteiger partial charge on any atom is 0.237 e. The Hall–Kier alpha value is -1.55. The molecule has 0 spiro atoms. The van der Waals surface area contributed by atoms with E-state index in [0.29, 0.717) is 6.42 Å². The van der Waals surface area contributed by atoms with Gasteiger partial charge in [-0.2, -0.15) is 0 Å². The van der Waals surface area contributed by atoms with Gasteiger partial charge in [0.05, 0.1) is 6.04 Å². The summed E-state index contributed by atoms with van der Waals surface area (Å²) in [6.45, 7) is 8.20. The summed E-state index contributed by atoms with van der Waals surface area (Å²) < 4.78 is 0. The first kappa shape index (κ1) is 15.5. The molecule has 0 aliphatic rings. The molecule has 0 radical (unpaired) electrons. The summed E-state index contributed by atoms with van der Waals surface area (Å²) >= 11 is 0. The lowest BCUT2D eigenvalue weighted by Gasteiger charge is -2.29. The normalized spacial score (nSPS) is 14.8. The van der Waals surface area contributed by atoms with Crippen molar-refractivity contribution in [3.63, 3.8) is 0 Å². The lowest BCUT2D eigenvalue weighted by molar-refractivity contribution is -0.123. The van der Waals surface area contributed by atoms with E-state index in [1.807, 2.05) is 6.92 Å². The van der Waals surface area contributed by atoms with Gasteiger partial charge in [-0.05, 0) is 36.5 Å². The van der Waals surface area contributed by atoms with Crippen LogP contribution in [0, 0.1) is 5.41 Å². The van der Waals surface area contributed by atoms with Gasteiger partial charge >= 0.3 is 0 Å². The minimum Gasteiger partial charge on any atom is -0.508 e. The summed E-state index contributed by atoms with van der Waals surface area (Å²) in [5, 5.41) is 12.1. The van der Waals surface area contributed by atoms with Crippen LogP contribution >= 0.6 is 0 Å². The van der Waals surface area contributed by atoms with Crippen LogP contribution in [0.1, 0.15) is 33.3 Å². The van der Waals surface area contributed by atoms with Crippen LogP contribution in [0.2, 0.25) is 0 Å². The van der Waals surface area contributed by atoms with Gasteiger partial charge in [-0.25, -0.2) is 0 Å². The molecular formula is C15H24N2O2. The van der Waals surface area contributed by atoms with Gasteiger partial charge in [0.25, 0.3) is 0 Å². The van der Waals surface area contributed by atoms with Crippen molar-refractivity contribution in [2.45, 2.75) is 46.2 Å². The number of hydrogen-bond donors (Lipinski definition) is 3. The van der Waals surface area contributed by atoms with Gasteiger partial charge < -0.3 is 16.2 Å². The summed E-state index contributed by atoms with van der Waals surface area (Å²) in [6, 6.07) is 6.22. The molecule has 0 fully saturated rings. The Bertz CT molecular complexity index is 421. The average molecular weight is 264 g/mol. The van der Waals surface area contributed by atoms with Gasteiger partial charge in [-0.1, -0.05) is 32.9 Å². The van der Waals surface area contributed by atoms with E-state index in [-0.39, 0.29) is 23.1 Å². The van der Waals surface area contributed by atoms with Crippen molar-refractivity contribution in [1.29, 1.82) is 0 Å². The first-order valence-electron chi connectivity index (χ1n) is 6.54. The molecule has 0 aliphatic carbocycles. The molecule has 1 unspecified atom stereocenters. The molecule has 2 atom stereocenters. The number of nitrogens with one attached hydrogen (secondary N) is 1. The Labute approximate surface area is 115 Å². The SMILES string of the molecule is CC(NC(=O)[C@H](N)Cc1ccc(O)cc1)C(C)(C)C. The second kappa shape index (κ2) is 6.06. The molecule has 0 heterocycles. The minimum absolute atomic E-state index is 0.00785. The van der Waals surface area contributed by atoms with Crippen LogP contribution in [0.5, 0.6) is 5.75 Å². The number of benzene rings is 1. The summed E-state index contributed by atoms with van der Waals surface area (Å²) in [5.41, 5.74) is 6.85. The van der Waals surface area contributed by atoms with E-state index >= 15 is 0 Å². The van der Waals surface area contributed by atoms with Gasteiger partial charge in [0, 0.05) is 6.04 Å². The summed E-state index contributed by atoms with van der Waals surface area (Å²) in [6.07, 6.45) is 0.461. The number of carbonyl (C=O) groups is 1. The van der Waals surface area contributed by atoms with Gasteiger partial charge in [-0.15, -0.1) is 0 Å². The molecule has 1 aromatic rings. The standard InChI is InChI=1S/C15H24N2O2/c1-10(15(2,3)4)17-14(19)13(16)9-11-5-7-12(18)8-6-11/h5-8,10,13,18H,9,16H2,1-4H3,(H,17,19)/t10?,13-/m1/s1. The van der Waals surface area contributed by atoms with E-state index in [1.165, 1.54) is 0 Å². The van der Waals surface area contributed by atoms with Gasteiger partial charge in [0.15, 0.2) is 0 Å². The van der Waals surface area contributed by atoms with E-state index in [1.54, 1.807) is 24.3 Å². The van der Waals surface area contributed by atoms with E-state index in [2.05, 4.69) is 26.1 Å². The van der Waals surface area contributed by atoms with Crippen LogP contribution in [0.25, 0.3) is 0 Å². The maximum absolute atomic E-state index is 12.0. The molecule has 0 saturated carbocycles. The van der Waals surface area contributed by atoms with Crippen molar-refractivity contribution < 1.29 is 9.90 Å². The number of aromatic hydroxyl groups is 1. The second-order valence-electron chi connectivity index (χ2n) is 6.07. The highest BCUT2D eigenvalue weighted by Gasteiger charge is 2.24. The molecule has 106 valence electrons. The van der Waals surface area contributed by atoms with Crippen LogP contribution in [-0.2, 0) is 11.2 Å². The first-order valence-corrected chi connectivity index (χ1v) is 6.54. The van der Waals surface area contributed by atoms with Crippen molar-refractivity contribution in [2.75, 3.05) is 0 Å². The van der Waals surface area contributed by atoms with Gasteiger partial charge in [0.2, 0.25) is 5.91 Å². The number of phenols is 1. The molecule has 0 saturated heterocycles. The number of rotatable bonds is 4. The molecule has 4 nitrogen and oxygen atoms in total. The Kier molecular flexibility index (Phi) is 4.95. The monoisotopic (exact) mass is 264 g/mol. The molecule has 1 rings (SSSR count). The predicted molar refractivity (Wildman–Crippen MR) is 76.8 cm³/mol. The molecule has 0 aliphatic heterocycles. The second-order valence-corrected chi connectivity index (χ2v) is 6.07. The Morgan fingerprint density at radius 1 is 1.32 bits per heavy atom. The lowest BCUT2D eigenvalue weighted by atomic mass is 9.88. The number of carbonyl (C=O) groups excluding carboxylic acids is 1. The predicted octanol–water partition coefficient (Wildman–Crippen LogP) is 1.81. The Balaban J connectivity index is 2.56. The summed E-state index contributed by atoms with van der Waals surface area (Å²) in [4.78, 5) is 12.0. The first-order chi connectivity index (χ1) is 8.70. The Morgan fingerprint density at radius 3 is 2.32 bits per heavy atom. The zero-order valence-electron chi connectivity index (χ0n) is 12.1. The highest BCUT2D eigenvalue weighted by molar-refractivity contribution is 5.82. The van der Waals surface area contributed by atoms with Crippen LogP contribution in [-0.4, -0.2) is 23.1 Å². The zero-order chi connectivity index (χ0) is 14.6. The number of amides is 1. The molecule has 0 aromatic heterocycles. The molecule has 0 bridgehead atoms. The van der Waals surface area contributed by atoms with Crippen LogP contribution in [0.3, 0.4) is 0 Å². The molecule has 4 N–H and O–H groups in total. The lowest BCUT2D eigenvalue weighted by Crippen LogP contribution is -2.49. The zero-order valence-corrected chi connectivity index (χ0v) is 12.1. The fourth-order valence-electron chi connectivity index (χ4n) is 1.52. The smallest absolute Gasteiger partial charge is 0.237 e. The topological polar surface area (TPSA) is 75.4 Å². The largest absolute Gasteiger partial charge is 0.508 e.